The molecule has 0 aliphatic carbocycles. The summed E-state index contributed by atoms with van der Waals surface area (Å²) >= 11 is 1.89. The van der Waals surface area contributed by atoms with Gasteiger partial charge in [0.05, 0.1) is 5.75 Å². The van der Waals surface area contributed by atoms with Crippen molar-refractivity contribution in [1.82, 2.24) is 0 Å². The molecular weight excluding hydrogens is 194 g/mol. The summed E-state index contributed by atoms with van der Waals surface area (Å²) in [4.78, 5) is 0. The third-order valence-corrected chi connectivity index (χ3v) is 3.41. The van der Waals surface area contributed by atoms with Gasteiger partial charge in [-0.15, -0.1) is 0 Å². The summed E-state index contributed by atoms with van der Waals surface area (Å²) in [6.45, 7) is 5.05. The van der Waals surface area contributed by atoms with Crippen LogP contribution in [0.15, 0.2) is 16.5 Å². The molecule has 0 aromatic carbocycles. The molecule has 1 rings (SSSR count). The van der Waals surface area contributed by atoms with E-state index in [1.54, 1.807) is 0 Å². The molecule has 0 fully saturated rings. The number of furan rings is 1. The first-order valence-corrected chi connectivity index (χ1v) is 6.27. The Morgan fingerprint density at radius 2 is 2.14 bits per heavy atom. The molecule has 1 heterocycles. The molecule has 1 unspecified atom stereocenters. The molecule has 0 saturated heterocycles. The lowest BCUT2D eigenvalue weighted by Gasteiger charge is -2.05. The molecule has 1 atom stereocenters. The molecule has 1 aromatic rings. The molecule has 0 bridgehead atoms. The Morgan fingerprint density at radius 1 is 1.43 bits per heavy atom. The Labute approximate surface area is 90.2 Å². The van der Waals surface area contributed by atoms with Gasteiger partial charge in [-0.25, -0.2) is 0 Å². The summed E-state index contributed by atoms with van der Waals surface area (Å²) < 4.78 is 5.60. The average molecular weight is 213 g/mol. The van der Waals surface area contributed by atoms with Crippen molar-refractivity contribution in [1.29, 1.82) is 0 Å². The van der Waals surface area contributed by atoms with Crippen LogP contribution in [0.25, 0.3) is 0 Å². The Kier molecular flexibility index (Phi) is 5.12. The van der Waals surface area contributed by atoms with Crippen LogP contribution in [0.2, 0.25) is 0 Å². The second-order valence-electron chi connectivity index (χ2n) is 3.58. The van der Waals surface area contributed by atoms with Crippen LogP contribution in [0.1, 0.15) is 25.4 Å². The average Bonchev–Trinajstić information content (AvgIpc) is 2.65. The molecule has 1 aromatic heterocycles. The molecule has 0 saturated carbocycles. The summed E-state index contributed by atoms with van der Waals surface area (Å²) in [6.07, 6.45) is 0.976. The lowest BCUT2D eigenvalue weighted by atomic mass is 10.2. The highest BCUT2D eigenvalue weighted by Gasteiger charge is 2.02. The van der Waals surface area contributed by atoms with Crippen LogP contribution in [0, 0.1) is 5.92 Å². The summed E-state index contributed by atoms with van der Waals surface area (Å²) in [6, 6.07) is 4.13. The topological polar surface area (TPSA) is 39.2 Å². The quantitative estimate of drug-likeness (QED) is 0.789. The molecule has 2 N–H and O–H groups in total. The van der Waals surface area contributed by atoms with Crippen molar-refractivity contribution in [2.24, 2.45) is 11.7 Å². The molecule has 0 spiro atoms. The highest BCUT2D eigenvalue weighted by atomic mass is 32.2. The molecule has 0 amide bonds. The van der Waals surface area contributed by atoms with E-state index in [9.17, 15) is 0 Å². The normalized spacial score (nSPS) is 13.1. The fraction of sp³-hybridized carbons (Fsp3) is 0.636. The second-order valence-corrected chi connectivity index (χ2v) is 4.61. The summed E-state index contributed by atoms with van der Waals surface area (Å²) in [7, 11) is 0. The third-order valence-electron chi connectivity index (χ3n) is 2.11. The second kappa shape index (κ2) is 6.14. The van der Waals surface area contributed by atoms with Gasteiger partial charge in [0.2, 0.25) is 0 Å². The smallest absolute Gasteiger partial charge is 0.114 e. The Balaban J connectivity index is 2.24. The fourth-order valence-electron chi connectivity index (χ4n) is 1.12. The Bertz CT molecular complexity index is 260. The van der Waals surface area contributed by atoms with E-state index in [1.165, 1.54) is 0 Å². The van der Waals surface area contributed by atoms with Crippen molar-refractivity contribution in [3.63, 3.8) is 0 Å². The van der Waals surface area contributed by atoms with Gasteiger partial charge in [-0.05, 0) is 30.3 Å². The van der Waals surface area contributed by atoms with E-state index in [0.717, 1.165) is 36.0 Å². The van der Waals surface area contributed by atoms with Crippen LogP contribution >= 0.6 is 11.8 Å². The van der Waals surface area contributed by atoms with Gasteiger partial charge in [0.1, 0.15) is 11.5 Å². The van der Waals surface area contributed by atoms with E-state index in [-0.39, 0.29) is 0 Å². The first kappa shape index (κ1) is 11.7. The molecule has 0 aliphatic heterocycles. The zero-order valence-corrected chi connectivity index (χ0v) is 9.77. The third kappa shape index (κ3) is 3.76. The summed E-state index contributed by atoms with van der Waals surface area (Å²) in [5, 5.41) is 0. The number of aryl methyl sites for hydroxylation is 1. The number of rotatable bonds is 6. The maximum absolute atomic E-state index is 5.60. The van der Waals surface area contributed by atoms with Gasteiger partial charge in [0.15, 0.2) is 0 Å². The Hall–Kier alpha value is -0.410. The maximum atomic E-state index is 5.60. The zero-order chi connectivity index (χ0) is 10.4. The van der Waals surface area contributed by atoms with Crippen LogP contribution in [-0.2, 0) is 12.2 Å². The first-order chi connectivity index (χ1) is 6.76. The van der Waals surface area contributed by atoms with Crippen molar-refractivity contribution < 1.29 is 4.42 Å². The fourth-order valence-corrected chi connectivity index (χ4v) is 2.13. The first-order valence-electron chi connectivity index (χ1n) is 5.11. The van der Waals surface area contributed by atoms with E-state index in [2.05, 4.69) is 26.0 Å². The molecule has 3 heteroatoms. The van der Waals surface area contributed by atoms with E-state index >= 15 is 0 Å². The van der Waals surface area contributed by atoms with E-state index in [0.29, 0.717) is 5.92 Å². The van der Waals surface area contributed by atoms with Gasteiger partial charge >= 0.3 is 0 Å². The van der Waals surface area contributed by atoms with E-state index in [1.807, 2.05) is 11.8 Å². The van der Waals surface area contributed by atoms with E-state index in [4.69, 9.17) is 10.2 Å². The van der Waals surface area contributed by atoms with Crippen LogP contribution in [0.5, 0.6) is 0 Å². The van der Waals surface area contributed by atoms with Crippen molar-refractivity contribution in [2.75, 3.05) is 12.3 Å². The lowest BCUT2D eigenvalue weighted by Crippen LogP contribution is -2.12. The van der Waals surface area contributed by atoms with Gasteiger partial charge in [0, 0.05) is 6.42 Å². The van der Waals surface area contributed by atoms with Gasteiger partial charge in [-0.2, -0.15) is 11.8 Å². The maximum Gasteiger partial charge on any atom is 0.114 e. The molecule has 2 nitrogen and oxygen atoms in total. The summed E-state index contributed by atoms with van der Waals surface area (Å²) in [5.74, 6) is 4.83. The molecule has 80 valence electrons. The molecule has 0 radical (unpaired) electrons. The monoisotopic (exact) mass is 213 g/mol. The minimum Gasteiger partial charge on any atom is -0.465 e. The predicted molar refractivity (Wildman–Crippen MR) is 62.5 cm³/mol. The van der Waals surface area contributed by atoms with Crippen LogP contribution in [0.3, 0.4) is 0 Å². The standard InChI is InChI=1S/C11H19NOS/c1-3-10-4-5-11(13-10)8-14-7-9(2)6-12/h4-5,9H,3,6-8,12H2,1-2H3. The predicted octanol–water partition coefficient (Wildman–Crippen LogP) is 2.67. The van der Waals surface area contributed by atoms with Crippen LogP contribution in [0.4, 0.5) is 0 Å². The Morgan fingerprint density at radius 3 is 2.71 bits per heavy atom. The van der Waals surface area contributed by atoms with Crippen molar-refractivity contribution in [3.8, 4) is 0 Å². The van der Waals surface area contributed by atoms with Gasteiger partial charge in [-0.3, -0.25) is 0 Å². The number of hydrogen-bond donors (Lipinski definition) is 1. The number of hydrogen-bond acceptors (Lipinski definition) is 3. The van der Waals surface area contributed by atoms with E-state index < -0.39 is 0 Å². The molecule has 0 aliphatic rings. The highest BCUT2D eigenvalue weighted by Crippen LogP contribution is 2.17. The number of nitrogens with two attached hydrogens (primary N) is 1. The van der Waals surface area contributed by atoms with Gasteiger partial charge < -0.3 is 10.2 Å². The van der Waals surface area contributed by atoms with Crippen molar-refractivity contribution in [3.05, 3.63) is 23.7 Å². The SMILES string of the molecule is CCc1ccc(CSCC(C)CN)o1. The summed E-state index contributed by atoms with van der Waals surface area (Å²) in [5.41, 5.74) is 5.54. The largest absolute Gasteiger partial charge is 0.465 e. The van der Waals surface area contributed by atoms with Gasteiger partial charge in [-0.1, -0.05) is 13.8 Å². The molecule has 14 heavy (non-hydrogen) atoms. The van der Waals surface area contributed by atoms with Crippen molar-refractivity contribution >= 4 is 11.8 Å². The lowest BCUT2D eigenvalue weighted by molar-refractivity contribution is 0.485. The highest BCUT2D eigenvalue weighted by molar-refractivity contribution is 7.98. The minimum absolute atomic E-state index is 0.598. The minimum atomic E-state index is 0.598. The van der Waals surface area contributed by atoms with Crippen LogP contribution in [-0.4, -0.2) is 12.3 Å². The molecular formula is C11H19NOS. The van der Waals surface area contributed by atoms with Crippen molar-refractivity contribution in [2.45, 2.75) is 26.0 Å². The van der Waals surface area contributed by atoms with Crippen LogP contribution < -0.4 is 5.73 Å². The number of thioether (sulfide) groups is 1. The zero-order valence-electron chi connectivity index (χ0n) is 8.95. The van der Waals surface area contributed by atoms with Gasteiger partial charge in [0.25, 0.3) is 0 Å².